The van der Waals surface area contributed by atoms with Crippen LogP contribution in [0.15, 0.2) is 40.9 Å². The van der Waals surface area contributed by atoms with E-state index in [1.165, 1.54) is 16.7 Å². The van der Waals surface area contributed by atoms with Crippen molar-refractivity contribution < 1.29 is 4.74 Å². The minimum atomic E-state index is 0.599. The fourth-order valence-corrected chi connectivity index (χ4v) is 2.86. The zero-order chi connectivity index (χ0) is 15.2. The van der Waals surface area contributed by atoms with Gasteiger partial charge in [0.2, 0.25) is 0 Å². The molecule has 0 aromatic heterocycles. The highest BCUT2D eigenvalue weighted by Gasteiger charge is 2.09. The van der Waals surface area contributed by atoms with Gasteiger partial charge < -0.3 is 10.1 Å². The lowest BCUT2D eigenvalue weighted by Crippen LogP contribution is -2.13. The van der Waals surface area contributed by atoms with Gasteiger partial charge in [0.25, 0.3) is 0 Å². The van der Waals surface area contributed by atoms with Gasteiger partial charge in [0.05, 0.1) is 0 Å². The second kappa shape index (κ2) is 7.62. The number of ether oxygens (including phenoxy) is 1. The van der Waals surface area contributed by atoms with Crippen LogP contribution >= 0.6 is 15.9 Å². The maximum absolute atomic E-state index is 6.09. The Morgan fingerprint density at radius 3 is 2.48 bits per heavy atom. The molecule has 0 heterocycles. The first-order valence-corrected chi connectivity index (χ1v) is 8.07. The van der Waals surface area contributed by atoms with Gasteiger partial charge in [0.15, 0.2) is 0 Å². The average Bonchev–Trinajstić information content (AvgIpc) is 2.45. The third-order valence-electron chi connectivity index (χ3n) is 3.39. The second-order valence-corrected chi connectivity index (χ2v) is 6.18. The largest absolute Gasteiger partial charge is 0.488 e. The van der Waals surface area contributed by atoms with E-state index < -0.39 is 0 Å². The van der Waals surface area contributed by atoms with Crippen LogP contribution < -0.4 is 10.1 Å². The van der Waals surface area contributed by atoms with Gasteiger partial charge in [-0.25, -0.2) is 0 Å². The molecule has 0 saturated heterocycles. The highest BCUT2D eigenvalue weighted by Crippen LogP contribution is 2.29. The van der Waals surface area contributed by atoms with Gasteiger partial charge in [0, 0.05) is 16.6 Å². The summed E-state index contributed by atoms with van der Waals surface area (Å²) in [7, 11) is 0. The molecule has 0 unspecified atom stereocenters. The summed E-state index contributed by atoms with van der Waals surface area (Å²) in [5, 5.41) is 3.36. The first-order chi connectivity index (χ1) is 10.1. The van der Waals surface area contributed by atoms with Crippen molar-refractivity contribution >= 4 is 15.9 Å². The topological polar surface area (TPSA) is 21.3 Å². The van der Waals surface area contributed by atoms with E-state index in [0.29, 0.717) is 6.61 Å². The van der Waals surface area contributed by atoms with Crippen molar-refractivity contribution in [2.45, 2.75) is 33.9 Å². The summed E-state index contributed by atoms with van der Waals surface area (Å²) in [6.45, 7) is 8.66. The van der Waals surface area contributed by atoms with Crippen molar-refractivity contribution in [1.82, 2.24) is 5.32 Å². The van der Waals surface area contributed by atoms with E-state index in [1.54, 1.807) is 0 Å². The summed E-state index contributed by atoms with van der Waals surface area (Å²) in [5.74, 6) is 0.986. The third kappa shape index (κ3) is 4.58. The minimum absolute atomic E-state index is 0.599. The molecule has 0 aliphatic carbocycles. The predicted octanol–water partition coefficient (Wildman–Crippen LogP) is 4.75. The van der Waals surface area contributed by atoms with Crippen molar-refractivity contribution in [2.24, 2.45) is 0 Å². The van der Waals surface area contributed by atoms with Crippen molar-refractivity contribution in [3.05, 3.63) is 63.1 Å². The molecule has 21 heavy (non-hydrogen) atoms. The SMILES string of the molecule is CCNCc1cc(Br)cc(C)c1OCc1ccc(C)cc1. The van der Waals surface area contributed by atoms with Gasteiger partial charge in [-0.3, -0.25) is 0 Å². The summed E-state index contributed by atoms with van der Waals surface area (Å²) >= 11 is 3.56. The molecule has 0 aliphatic rings. The van der Waals surface area contributed by atoms with Crippen LogP contribution in [0.1, 0.15) is 29.2 Å². The van der Waals surface area contributed by atoms with Gasteiger partial charge in [-0.2, -0.15) is 0 Å². The molecular weight excluding hydrogens is 326 g/mol. The Morgan fingerprint density at radius 1 is 1.10 bits per heavy atom. The predicted molar refractivity (Wildman–Crippen MR) is 91.8 cm³/mol. The quantitative estimate of drug-likeness (QED) is 0.813. The van der Waals surface area contributed by atoms with Crippen LogP contribution in [0.5, 0.6) is 5.75 Å². The zero-order valence-electron chi connectivity index (χ0n) is 12.9. The highest BCUT2D eigenvalue weighted by atomic mass is 79.9. The van der Waals surface area contributed by atoms with E-state index in [0.717, 1.165) is 28.9 Å². The van der Waals surface area contributed by atoms with Gasteiger partial charge >= 0.3 is 0 Å². The molecule has 3 heteroatoms. The number of hydrogen-bond acceptors (Lipinski definition) is 2. The van der Waals surface area contributed by atoms with Gasteiger partial charge in [0.1, 0.15) is 12.4 Å². The van der Waals surface area contributed by atoms with E-state index in [9.17, 15) is 0 Å². The molecular formula is C18H22BrNO. The third-order valence-corrected chi connectivity index (χ3v) is 3.84. The number of nitrogens with one attached hydrogen (secondary N) is 1. The minimum Gasteiger partial charge on any atom is -0.488 e. The molecule has 2 rings (SSSR count). The highest BCUT2D eigenvalue weighted by molar-refractivity contribution is 9.10. The Hall–Kier alpha value is -1.32. The number of hydrogen-bond donors (Lipinski definition) is 1. The number of halogens is 1. The normalized spacial score (nSPS) is 10.7. The summed E-state index contributed by atoms with van der Waals surface area (Å²) in [6.07, 6.45) is 0. The van der Waals surface area contributed by atoms with E-state index >= 15 is 0 Å². The summed E-state index contributed by atoms with van der Waals surface area (Å²) in [4.78, 5) is 0. The Bertz CT molecular complexity index is 593. The first-order valence-electron chi connectivity index (χ1n) is 7.28. The fourth-order valence-electron chi connectivity index (χ4n) is 2.24. The van der Waals surface area contributed by atoms with Crippen LogP contribution in [0, 0.1) is 13.8 Å². The molecule has 0 saturated carbocycles. The molecule has 112 valence electrons. The van der Waals surface area contributed by atoms with Crippen molar-refractivity contribution in [1.29, 1.82) is 0 Å². The molecule has 0 spiro atoms. The second-order valence-electron chi connectivity index (χ2n) is 5.27. The molecule has 0 aliphatic heterocycles. The molecule has 0 bridgehead atoms. The Balaban J connectivity index is 2.15. The Kier molecular flexibility index (Phi) is 5.83. The molecule has 0 radical (unpaired) electrons. The first kappa shape index (κ1) is 16.1. The standard InChI is InChI=1S/C18H22BrNO/c1-4-20-11-16-10-17(19)9-14(3)18(16)21-12-15-7-5-13(2)6-8-15/h5-10,20H,4,11-12H2,1-3H3. The van der Waals surface area contributed by atoms with Crippen LogP contribution in [-0.2, 0) is 13.2 Å². The molecule has 1 N–H and O–H groups in total. The maximum Gasteiger partial charge on any atom is 0.127 e. The zero-order valence-corrected chi connectivity index (χ0v) is 14.5. The van der Waals surface area contributed by atoms with Crippen LogP contribution in [0.25, 0.3) is 0 Å². The van der Waals surface area contributed by atoms with Crippen LogP contribution in [0.3, 0.4) is 0 Å². The van der Waals surface area contributed by atoms with E-state index in [2.05, 4.69) is 78.4 Å². The van der Waals surface area contributed by atoms with Gasteiger partial charge in [-0.15, -0.1) is 0 Å². The fraction of sp³-hybridized carbons (Fsp3) is 0.333. The average molecular weight is 348 g/mol. The van der Waals surface area contributed by atoms with Crippen molar-refractivity contribution in [3.8, 4) is 5.75 Å². The lowest BCUT2D eigenvalue weighted by atomic mass is 10.1. The number of benzene rings is 2. The van der Waals surface area contributed by atoms with Crippen LogP contribution in [-0.4, -0.2) is 6.54 Å². The lowest BCUT2D eigenvalue weighted by molar-refractivity contribution is 0.300. The molecule has 2 nitrogen and oxygen atoms in total. The summed E-state index contributed by atoms with van der Waals surface area (Å²) in [6, 6.07) is 12.7. The summed E-state index contributed by atoms with van der Waals surface area (Å²) in [5.41, 5.74) is 4.81. The number of rotatable bonds is 6. The molecule has 0 amide bonds. The smallest absolute Gasteiger partial charge is 0.127 e. The Morgan fingerprint density at radius 2 is 1.81 bits per heavy atom. The Labute approximate surface area is 135 Å². The molecule has 0 atom stereocenters. The molecule has 2 aromatic carbocycles. The van der Waals surface area contributed by atoms with E-state index in [-0.39, 0.29) is 0 Å². The van der Waals surface area contributed by atoms with Crippen LogP contribution in [0.2, 0.25) is 0 Å². The maximum atomic E-state index is 6.09. The molecule has 0 fully saturated rings. The van der Waals surface area contributed by atoms with Gasteiger partial charge in [-0.1, -0.05) is 52.7 Å². The number of aryl methyl sites for hydroxylation is 2. The summed E-state index contributed by atoms with van der Waals surface area (Å²) < 4.78 is 7.18. The van der Waals surface area contributed by atoms with Gasteiger partial charge in [-0.05, 0) is 43.7 Å². The lowest BCUT2D eigenvalue weighted by Gasteiger charge is -2.15. The van der Waals surface area contributed by atoms with Crippen molar-refractivity contribution in [2.75, 3.05) is 6.54 Å². The van der Waals surface area contributed by atoms with E-state index in [1.807, 2.05) is 0 Å². The monoisotopic (exact) mass is 347 g/mol. The van der Waals surface area contributed by atoms with E-state index in [4.69, 9.17) is 4.74 Å². The van der Waals surface area contributed by atoms with Crippen LogP contribution in [0.4, 0.5) is 0 Å². The van der Waals surface area contributed by atoms with Crippen molar-refractivity contribution in [3.63, 3.8) is 0 Å². The molecule has 2 aromatic rings.